The van der Waals surface area contributed by atoms with Gasteiger partial charge in [-0.05, 0) is 19.4 Å². The van der Waals surface area contributed by atoms with Gasteiger partial charge < -0.3 is 10.2 Å². The fourth-order valence-electron chi connectivity index (χ4n) is 3.66. The summed E-state index contributed by atoms with van der Waals surface area (Å²) in [7, 11) is 1.78. The Hall–Kier alpha value is -2.06. The SMILES string of the molecule is CCC(c1ccc(F)cc1F)N1CCN(C(=NC)NCc2ncc(C)s2)CC1. The minimum atomic E-state index is -0.536. The van der Waals surface area contributed by atoms with E-state index >= 15 is 0 Å². The first-order valence-corrected chi connectivity index (χ1v) is 10.4. The minimum Gasteiger partial charge on any atom is -0.350 e. The van der Waals surface area contributed by atoms with E-state index in [1.165, 1.54) is 10.9 Å². The van der Waals surface area contributed by atoms with Crippen molar-refractivity contribution < 1.29 is 8.78 Å². The molecule has 0 radical (unpaired) electrons. The van der Waals surface area contributed by atoms with Crippen molar-refractivity contribution in [3.8, 4) is 0 Å². The summed E-state index contributed by atoms with van der Waals surface area (Å²) in [6, 6.07) is 3.84. The molecule has 2 aromatic rings. The summed E-state index contributed by atoms with van der Waals surface area (Å²) >= 11 is 1.68. The van der Waals surface area contributed by atoms with Gasteiger partial charge in [-0.3, -0.25) is 9.89 Å². The van der Waals surface area contributed by atoms with Crippen molar-refractivity contribution in [3.63, 3.8) is 0 Å². The number of rotatable bonds is 5. The number of halogens is 2. The highest BCUT2D eigenvalue weighted by atomic mass is 32.1. The summed E-state index contributed by atoms with van der Waals surface area (Å²) in [6.45, 7) is 7.94. The van der Waals surface area contributed by atoms with E-state index in [2.05, 4.69) is 25.1 Å². The van der Waals surface area contributed by atoms with Crippen LogP contribution in [-0.4, -0.2) is 54.0 Å². The Morgan fingerprint density at radius 3 is 2.61 bits per heavy atom. The molecular weight excluding hydrogens is 380 g/mol. The Labute approximate surface area is 169 Å². The van der Waals surface area contributed by atoms with Crippen LogP contribution in [0.15, 0.2) is 29.4 Å². The number of piperazine rings is 1. The molecule has 28 heavy (non-hydrogen) atoms. The van der Waals surface area contributed by atoms with Gasteiger partial charge in [-0.1, -0.05) is 13.0 Å². The van der Waals surface area contributed by atoms with Crippen molar-refractivity contribution in [2.45, 2.75) is 32.9 Å². The van der Waals surface area contributed by atoms with E-state index < -0.39 is 11.6 Å². The predicted molar refractivity (Wildman–Crippen MR) is 110 cm³/mol. The van der Waals surface area contributed by atoms with Crippen LogP contribution < -0.4 is 5.32 Å². The second-order valence-corrected chi connectivity index (χ2v) is 8.20. The molecule has 0 bridgehead atoms. The highest BCUT2D eigenvalue weighted by molar-refractivity contribution is 7.11. The number of nitrogens with one attached hydrogen (secondary N) is 1. The van der Waals surface area contributed by atoms with E-state index in [1.807, 2.05) is 20.0 Å². The van der Waals surface area contributed by atoms with Crippen LogP contribution in [0.3, 0.4) is 0 Å². The van der Waals surface area contributed by atoms with E-state index in [9.17, 15) is 8.78 Å². The van der Waals surface area contributed by atoms with Crippen LogP contribution in [-0.2, 0) is 6.54 Å². The number of thiazole rings is 1. The molecule has 1 atom stereocenters. The second-order valence-electron chi connectivity index (χ2n) is 6.88. The summed E-state index contributed by atoms with van der Waals surface area (Å²) in [5, 5.41) is 4.41. The second kappa shape index (κ2) is 9.43. The molecule has 3 rings (SSSR count). The molecule has 1 aromatic carbocycles. The molecule has 1 saturated heterocycles. The molecule has 8 heteroatoms. The molecule has 1 aliphatic heterocycles. The monoisotopic (exact) mass is 407 g/mol. The lowest BCUT2D eigenvalue weighted by Crippen LogP contribution is -2.53. The van der Waals surface area contributed by atoms with Crippen LogP contribution in [0.5, 0.6) is 0 Å². The molecular formula is C20H27F2N5S. The normalized spacial score (nSPS) is 17.0. The Bertz CT molecular complexity index is 815. The number of nitrogens with zero attached hydrogens (tertiary/aromatic N) is 4. The zero-order chi connectivity index (χ0) is 20.1. The number of aliphatic imine (C=N–C) groups is 1. The molecule has 0 spiro atoms. The molecule has 1 aliphatic rings. The minimum absolute atomic E-state index is 0.0454. The average Bonchev–Trinajstić information content (AvgIpc) is 3.11. The number of aryl methyl sites for hydroxylation is 1. The van der Waals surface area contributed by atoms with Gasteiger partial charge in [0.15, 0.2) is 5.96 Å². The van der Waals surface area contributed by atoms with Crippen LogP contribution in [0, 0.1) is 18.6 Å². The van der Waals surface area contributed by atoms with Crippen LogP contribution in [0.1, 0.15) is 34.8 Å². The Morgan fingerprint density at radius 1 is 1.29 bits per heavy atom. The van der Waals surface area contributed by atoms with Gasteiger partial charge in [-0.25, -0.2) is 13.8 Å². The zero-order valence-corrected chi connectivity index (χ0v) is 17.4. The number of aromatic nitrogens is 1. The maximum absolute atomic E-state index is 14.3. The Morgan fingerprint density at radius 2 is 2.04 bits per heavy atom. The molecule has 1 unspecified atom stereocenters. The number of guanidine groups is 1. The summed E-state index contributed by atoms with van der Waals surface area (Å²) in [5.41, 5.74) is 0.569. The van der Waals surface area contributed by atoms with E-state index in [4.69, 9.17) is 0 Å². The first kappa shape index (κ1) is 20.7. The topological polar surface area (TPSA) is 43.8 Å². The van der Waals surface area contributed by atoms with Crippen LogP contribution >= 0.6 is 11.3 Å². The summed E-state index contributed by atoms with van der Waals surface area (Å²) in [4.78, 5) is 14.4. The van der Waals surface area contributed by atoms with Crippen molar-refractivity contribution in [1.82, 2.24) is 20.1 Å². The van der Waals surface area contributed by atoms with Crippen molar-refractivity contribution in [2.75, 3.05) is 33.2 Å². The van der Waals surface area contributed by atoms with Gasteiger partial charge in [-0.15, -0.1) is 11.3 Å². The van der Waals surface area contributed by atoms with Crippen molar-refractivity contribution in [1.29, 1.82) is 0 Å². The van der Waals surface area contributed by atoms with Gasteiger partial charge in [0.1, 0.15) is 16.6 Å². The lowest BCUT2D eigenvalue weighted by molar-refractivity contribution is 0.124. The van der Waals surface area contributed by atoms with Gasteiger partial charge in [-0.2, -0.15) is 0 Å². The molecule has 1 fully saturated rings. The van der Waals surface area contributed by atoms with Crippen molar-refractivity contribution >= 4 is 17.3 Å². The molecule has 152 valence electrons. The van der Waals surface area contributed by atoms with Gasteiger partial charge in [0.25, 0.3) is 0 Å². The highest BCUT2D eigenvalue weighted by Crippen LogP contribution is 2.28. The van der Waals surface area contributed by atoms with E-state index in [0.29, 0.717) is 12.1 Å². The van der Waals surface area contributed by atoms with Gasteiger partial charge in [0.05, 0.1) is 6.54 Å². The molecule has 0 saturated carbocycles. The number of benzene rings is 1. The lowest BCUT2D eigenvalue weighted by Gasteiger charge is -2.40. The quantitative estimate of drug-likeness (QED) is 0.608. The van der Waals surface area contributed by atoms with E-state index in [1.54, 1.807) is 24.5 Å². The molecule has 1 N–H and O–H groups in total. The number of hydrogen-bond acceptors (Lipinski definition) is 4. The van der Waals surface area contributed by atoms with Crippen LogP contribution in [0.2, 0.25) is 0 Å². The summed E-state index contributed by atoms with van der Waals surface area (Å²) < 4.78 is 27.5. The summed E-state index contributed by atoms with van der Waals surface area (Å²) in [5.74, 6) is -0.148. The van der Waals surface area contributed by atoms with Gasteiger partial charge in [0.2, 0.25) is 0 Å². The molecule has 0 amide bonds. The van der Waals surface area contributed by atoms with E-state index in [-0.39, 0.29) is 6.04 Å². The smallest absolute Gasteiger partial charge is 0.194 e. The van der Waals surface area contributed by atoms with Crippen molar-refractivity contribution in [3.05, 3.63) is 51.5 Å². The van der Waals surface area contributed by atoms with E-state index in [0.717, 1.165) is 49.6 Å². The van der Waals surface area contributed by atoms with Crippen LogP contribution in [0.4, 0.5) is 8.78 Å². The standard InChI is InChI=1S/C20H27F2N5S/c1-4-18(16-6-5-15(21)11-17(16)22)26-7-9-27(10-8-26)20(23-3)25-13-19-24-12-14(2)28-19/h5-6,11-12,18H,4,7-10,13H2,1-3H3,(H,23,25). The molecule has 1 aromatic heterocycles. The zero-order valence-electron chi connectivity index (χ0n) is 16.6. The van der Waals surface area contributed by atoms with Gasteiger partial charge >= 0.3 is 0 Å². The predicted octanol–water partition coefficient (Wildman–Crippen LogP) is 3.57. The Balaban J connectivity index is 1.58. The molecule has 0 aliphatic carbocycles. The third-order valence-corrected chi connectivity index (χ3v) is 5.95. The Kier molecular flexibility index (Phi) is 6.96. The molecule has 2 heterocycles. The number of hydrogen-bond donors (Lipinski definition) is 1. The van der Waals surface area contributed by atoms with Crippen LogP contribution in [0.25, 0.3) is 0 Å². The first-order chi connectivity index (χ1) is 13.5. The largest absolute Gasteiger partial charge is 0.350 e. The lowest BCUT2D eigenvalue weighted by atomic mass is 10.0. The van der Waals surface area contributed by atoms with Gasteiger partial charge in [0, 0.05) is 62.0 Å². The molecule has 5 nitrogen and oxygen atoms in total. The third kappa shape index (κ3) is 4.86. The first-order valence-electron chi connectivity index (χ1n) is 9.57. The highest BCUT2D eigenvalue weighted by Gasteiger charge is 2.27. The fraction of sp³-hybridized carbons (Fsp3) is 0.500. The average molecular weight is 408 g/mol. The summed E-state index contributed by atoms with van der Waals surface area (Å²) in [6.07, 6.45) is 2.65. The third-order valence-electron chi connectivity index (χ3n) is 5.04. The fourth-order valence-corrected chi connectivity index (χ4v) is 4.39. The maximum atomic E-state index is 14.3. The van der Waals surface area contributed by atoms with Crippen molar-refractivity contribution in [2.24, 2.45) is 4.99 Å². The maximum Gasteiger partial charge on any atom is 0.194 e.